The first kappa shape index (κ1) is 18.0. The molecule has 0 atom stereocenters. The Bertz CT molecular complexity index is 1130. The van der Waals surface area contributed by atoms with Gasteiger partial charge >= 0.3 is 0 Å². The molecular weight excluding hydrogens is 376 g/mol. The molecule has 2 aromatic carbocycles. The van der Waals surface area contributed by atoms with E-state index >= 15 is 0 Å². The topological polar surface area (TPSA) is 93.2 Å². The van der Waals surface area contributed by atoms with Gasteiger partial charge in [0.15, 0.2) is 0 Å². The summed E-state index contributed by atoms with van der Waals surface area (Å²) >= 11 is 1.52. The maximum atomic E-state index is 12.2. The lowest BCUT2D eigenvalue weighted by Crippen LogP contribution is -2.43. The third kappa shape index (κ3) is 4.13. The SMILES string of the molecule is O=C(COCc1nc2ccccc2s1)NNC(=O)c1ccc2ccccc2n1. The van der Waals surface area contributed by atoms with Crippen LogP contribution in [0.2, 0.25) is 0 Å². The average Bonchev–Trinajstić information content (AvgIpc) is 3.14. The number of carbonyl (C=O) groups is 2. The summed E-state index contributed by atoms with van der Waals surface area (Å²) in [5.41, 5.74) is 6.49. The molecule has 2 heterocycles. The van der Waals surface area contributed by atoms with Crippen LogP contribution in [0.3, 0.4) is 0 Å². The lowest BCUT2D eigenvalue weighted by Gasteiger charge is -2.07. The number of aromatic nitrogens is 2. The third-order valence-electron chi connectivity index (χ3n) is 3.94. The van der Waals surface area contributed by atoms with Crippen molar-refractivity contribution in [1.29, 1.82) is 0 Å². The van der Waals surface area contributed by atoms with Gasteiger partial charge in [-0.15, -0.1) is 11.3 Å². The minimum atomic E-state index is -0.495. The van der Waals surface area contributed by atoms with E-state index in [1.165, 1.54) is 11.3 Å². The van der Waals surface area contributed by atoms with Gasteiger partial charge in [-0.2, -0.15) is 0 Å². The normalized spacial score (nSPS) is 10.9. The van der Waals surface area contributed by atoms with Crippen molar-refractivity contribution in [1.82, 2.24) is 20.8 Å². The zero-order valence-corrected chi connectivity index (χ0v) is 15.5. The smallest absolute Gasteiger partial charge is 0.288 e. The van der Waals surface area contributed by atoms with Crippen LogP contribution in [0.4, 0.5) is 0 Å². The number of amides is 2. The molecule has 2 amide bonds. The number of hydrazine groups is 1. The molecule has 4 rings (SSSR count). The standard InChI is InChI=1S/C20H16N4O3S/c25-18(11-27-12-19-22-15-7-3-4-8-17(15)28-19)23-24-20(26)16-10-9-13-5-1-2-6-14(13)21-16/h1-10H,11-12H2,(H,23,25)(H,24,26). The molecule has 0 saturated carbocycles. The van der Waals surface area contributed by atoms with Gasteiger partial charge in [-0.25, -0.2) is 9.97 Å². The molecule has 0 fully saturated rings. The highest BCUT2D eigenvalue weighted by atomic mass is 32.1. The van der Waals surface area contributed by atoms with Crippen molar-refractivity contribution in [2.45, 2.75) is 6.61 Å². The van der Waals surface area contributed by atoms with Gasteiger partial charge in [0.1, 0.15) is 17.3 Å². The molecule has 0 unspecified atom stereocenters. The van der Waals surface area contributed by atoms with E-state index in [1.54, 1.807) is 12.1 Å². The molecule has 0 aliphatic rings. The number of benzene rings is 2. The average molecular weight is 392 g/mol. The Balaban J connectivity index is 1.25. The van der Waals surface area contributed by atoms with Crippen LogP contribution in [0.25, 0.3) is 21.1 Å². The summed E-state index contributed by atoms with van der Waals surface area (Å²) in [4.78, 5) is 32.7. The number of carbonyl (C=O) groups excluding carboxylic acids is 2. The summed E-state index contributed by atoms with van der Waals surface area (Å²) in [6.07, 6.45) is 0. The Hall–Kier alpha value is -3.36. The van der Waals surface area contributed by atoms with Gasteiger partial charge in [0.25, 0.3) is 11.8 Å². The Morgan fingerprint density at radius 3 is 2.54 bits per heavy atom. The Morgan fingerprint density at radius 2 is 1.68 bits per heavy atom. The van der Waals surface area contributed by atoms with E-state index in [4.69, 9.17) is 4.74 Å². The van der Waals surface area contributed by atoms with E-state index in [2.05, 4.69) is 20.8 Å². The van der Waals surface area contributed by atoms with Crippen molar-refractivity contribution in [3.05, 3.63) is 71.4 Å². The number of ether oxygens (including phenoxy) is 1. The first-order chi connectivity index (χ1) is 13.7. The molecule has 0 radical (unpaired) electrons. The van der Waals surface area contributed by atoms with Crippen LogP contribution in [0.5, 0.6) is 0 Å². The molecule has 4 aromatic rings. The Morgan fingerprint density at radius 1 is 0.893 bits per heavy atom. The van der Waals surface area contributed by atoms with Gasteiger partial charge in [-0.3, -0.25) is 20.4 Å². The van der Waals surface area contributed by atoms with E-state index in [-0.39, 0.29) is 18.9 Å². The second-order valence-corrected chi connectivity index (χ2v) is 7.07. The molecule has 2 N–H and O–H groups in total. The maximum absolute atomic E-state index is 12.2. The fourth-order valence-corrected chi connectivity index (χ4v) is 3.54. The molecule has 0 aliphatic carbocycles. The highest BCUT2D eigenvalue weighted by Crippen LogP contribution is 2.21. The second-order valence-electron chi connectivity index (χ2n) is 5.96. The first-order valence-electron chi connectivity index (χ1n) is 8.56. The Kier molecular flexibility index (Phi) is 5.22. The van der Waals surface area contributed by atoms with Crippen molar-refractivity contribution in [3.63, 3.8) is 0 Å². The molecule has 0 aliphatic heterocycles. The number of hydrogen-bond donors (Lipinski definition) is 2. The van der Waals surface area contributed by atoms with Crippen molar-refractivity contribution >= 4 is 44.3 Å². The number of para-hydroxylation sites is 2. The van der Waals surface area contributed by atoms with Crippen molar-refractivity contribution in [2.75, 3.05) is 6.61 Å². The largest absolute Gasteiger partial charge is 0.364 e. The van der Waals surface area contributed by atoms with Gasteiger partial charge < -0.3 is 4.74 Å². The van der Waals surface area contributed by atoms with Crippen LogP contribution >= 0.6 is 11.3 Å². The molecule has 28 heavy (non-hydrogen) atoms. The predicted octanol–water partition coefficient (Wildman–Crippen LogP) is 2.82. The van der Waals surface area contributed by atoms with Gasteiger partial charge in [-0.1, -0.05) is 36.4 Å². The van der Waals surface area contributed by atoms with Gasteiger partial charge in [-0.05, 0) is 24.3 Å². The van der Waals surface area contributed by atoms with Crippen molar-refractivity contribution < 1.29 is 14.3 Å². The third-order valence-corrected chi connectivity index (χ3v) is 4.95. The van der Waals surface area contributed by atoms with Crippen molar-refractivity contribution in [3.8, 4) is 0 Å². The van der Waals surface area contributed by atoms with E-state index < -0.39 is 11.8 Å². The molecule has 0 spiro atoms. The number of thiazole rings is 1. The molecule has 0 saturated heterocycles. The monoisotopic (exact) mass is 392 g/mol. The molecule has 7 nitrogen and oxygen atoms in total. The fourth-order valence-electron chi connectivity index (χ4n) is 2.63. The summed E-state index contributed by atoms with van der Waals surface area (Å²) in [6.45, 7) is 0.0360. The van der Waals surface area contributed by atoms with Crippen LogP contribution in [0.1, 0.15) is 15.5 Å². The van der Waals surface area contributed by atoms with Crippen LogP contribution in [0.15, 0.2) is 60.7 Å². The number of hydrogen-bond acceptors (Lipinski definition) is 6. The predicted molar refractivity (Wildman–Crippen MR) is 107 cm³/mol. The Labute approximate surface area is 164 Å². The van der Waals surface area contributed by atoms with Crippen LogP contribution in [0, 0.1) is 0 Å². The number of nitrogens with one attached hydrogen (secondary N) is 2. The highest BCUT2D eigenvalue weighted by Gasteiger charge is 2.10. The van der Waals surface area contributed by atoms with E-state index in [0.717, 1.165) is 20.6 Å². The highest BCUT2D eigenvalue weighted by molar-refractivity contribution is 7.18. The van der Waals surface area contributed by atoms with Gasteiger partial charge in [0.2, 0.25) is 0 Å². The molecule has 140 valence electrons. The summed E-state index contributed by atoms with van der Waals surface area (Å²) in [6, 6.07) is 18.7. The maximum Gasteiger partial charge on any atom is 0.288 e. The number of nitrogens with zero attached hydrogens (tertiary/aromatic N) is 2. The molecule has 2 aromatic heterocycles. The van der Waals surface area contributed by atoms with E-state index in [0.29, 0.717) is 5.52 Å². The van der Waals surface area contributed by atoms with Gasteiger partial charge in [0, 0.05) is 5.39 Å². The second kappa shape index (κ2) is 8.12. The van der Waals surface area contributed by atoms with Crippen molar-refractivity contribution in [2.24, 2.45) is 0 Å². The van der Waals surface area contributed by atoms with Crippen LogP contribution < -0.4 is 10.9 Å². The molecule has 0 bridgehead atoms. The minimum absolute atomic E-state index is 0.193. The number of rotatable bonds is 5. The van der Waals surface area contributed by atoms with Crippen LogP contribution in [-0.2, 0) is 16.1 Å². The lowest BCUT2D eigenvalue weighted by atomic mass is 10.2. The summed E-state index contributed by atoms with van der Waals surface area (Å²) in [7, 11) is 0. The summed E-state index contributed by atoms with van der Waals surface area (Å²) in [5.74, 6) is -0.958. The molecular formula is C20H16N4O3S. The number of pyridine rings is 1. The number of fused-ring (bicyclic) bond motifs is 2. The zero-order valence-electron chi connectivity index (χ0n) is 14.7. The zero-order chi connectivity index (χ0) is 19.3. The minimum Gasteiger partial charge on any atom is -0.364 e. The van der Waals surface area contributed by atoms with Crippen LogP contribution in [-0.4, -0.2) is 28.4 Å². The lowest BCUT2D eigenvalue weighted by molar-refractivity contribution is -0.126. The molecule has 8 heteroatoms. The van der Waals surface area contributed by atoms with Gasteiger partial charge in [0.05, 0.1) is 22.3 Å². The summed E-state index contributed by atoms with van der Waals surface area (Å²) < 4.78 is 6.45. The summed E-state index contributed by atoms with van der Waals surface area (Å²) in [5, 5.41) is 1.73. The van der Waals surface area contributed by atoms with E-state index in [9.17, 15) is 9.59 Å². The fraction of sp³-hybridized carbons (Fsp3) is 0.100. The quantitative estimate of drug-likeness (QED) is 0.510. The van der Waals surface area contributed by atoms with E-state index in [1.807, 2.05) is 48.5 Å². The first-order valence-corrected chi connectivity index (χ1v) is 9.38.